The molecule has 0 fully saturated rings. The summed E-state index contributed by atoms with van der Waals surface area (Å²) in [6, 6.07) is 6.66. The van der Waals surface area contributed by atoms with Crippen LogP contribution in [0.2, 0.25) is 0 Å². The standard InChI is InChI=1S/C12H15NO3/c1-9(10(2)14)7-8-11-5-3-4-6-12(11)13(15)16/h3-6,9H,7-8H2,1-2H3. The fourth-order valence-electron chi connectivity index (χ4n) is 1.48. The van der Waals surface area contributed by atoms with Crippen molar-refractivity contribution in [2.75, 3.05) is 0 Å². The lowest BCUT2D eigenvalue weighted by Gasteiger charge is -2.07. The number of hydrogen-bond acceptors (Lipinski definition) is 3. The number of Topliss-reactive ketones (excluding diaryl/α,β-unsaturated/α-hetero) is 1. The average molecular weight is 221 g/mol. The van der Waals surface area contributed by atoms with E-state index < -0.39 is 0 Å². The smallest absolute Gasteiger partial charge is 0.272 e. The normalized spacial score (nSPS) is 12.1. The van der Waals surface area contributed by atoms with E-state index in [2.05, 4.69) is 0 Å². The van der Waals surface area contributed by atoms with Crippen molar-refractivity contribution in [2.45, 2.75) is 26.7 Å². The Morgan fingerprint density at radius 1 is 1.44 bits per heavy atom. The summed E-state index contributed by atoms with van der Waals surface area (Å²) >= 11 is 0. The molecule has 1 unspecified atom stereocenters. The largest absolute Gasteiger partial charge is 0.300 e. The Morgan fingerprint density at radius 2 is 2.06 bits per heavy atom. The Bertz CT molecular complexity index is 401. The van der Waals surface area contributed by atoms with Gasteiger partial charge in [-0.25, -0.2) is 0 Å². The number of para-hydroxylation sites is 1. The Labute approximate surface area is 94.4 Å². The summed E-state index contributed by atoms with van der Waals surface area (Å²) in [4.78, 5) is 21.4. The van der Waals surface area contributed by atoms with Crippen LogP contribution in [-0.4, -0.2) is 10.7 Å². The molecule has 0 bridgehead atoms. The third kappa shape index (κ3) is 3.15. The first-order valence-electron chi connectivity index (χ1n) is 5.25. The van der Waals surface area contributed by atoms with E-state index in [0.717, 1.165) is 0 Å². The molecular formula is C12H15NO3. The summed E-state index contributed by atoms with van der Waals surface area (Å²) in [5, 5.41) is 10.7. The summed E-state index contributed by atoms with van der Waals surface area (Å²) in [6.07, 6.45) is 1.22. The van der Waals surface area contributed by atoms with Gasteiger partial charge in [-0.1, -0.05) is 25.1 Å². The third-order valence-corrected chi connectivity index (χ3v) is 2.73. The van der Waals surface area contributed by atoms with Crippen molar-refractivity contribution in [1.29, 1.82) is 0 Å². The molecule has 0 N–H and O–H groups in total. The molecule has 1 rings (SSSR count). The van der Waals surface area contributed by atoms with Crippen molar-refractivity contribution in [3.05, 3.63) is 39.9 Å². The number of hydrogen-bond donors (Lipinski definition) is 0. The molecule has 0 spiro atoms. The van der Waals surface area contributed by atoms with E-state index in [9.17, 15) is 14.9 Å². The van der Waals surface area contributed by atoms with Crippen molar-refractivity contribution in [3.63, 3.8) is 0 Å². The first-order valence-corrected chi connectivity index (χ1v) is 5.25. The number of ketones is 1. The molecule has 0 aliphatic heterocycles. The Hall–Kier alpha value is -1.71. The van der Waals surface area contributed by atoms with Crippen LogP contribution in [0.4, 0.5) is 5.69 Å². The molecular weight excluding hydrogens is 206 g/mol. The number of carbonyl (C=O) groups excluding carboxylic acids is 1. The predicted octanol–water partition coefficient (Wildman–Crippen LogP) is 2.75. The summed E-state index contributed by atoms with van der Waals surface area (Å²) < 4.78 is 0. The predicted molar refractivity (Wildman–Crippen MR) is 61.3 cm³/mol. The molecule has 0 heterocycles. The summed E-state index contributed by atoms with van der Waals surface area (Å²) in [7, 11) is 0. The zero-order valence-electron chi connectivity index (χ0n) is 9.47. The Kier molecular flexibility index (Phi) is 4.17. The van der Waals surface area contributed by atoms with E-state index in [1.54, 1.807) is 25.1 Å². The van der Waals surface area contributed by atoms with Crippen molar-refractivity contribution in [3.8, 4) is 0 Å². The number of aryl methyl sites for hydroxylation is 1. The highest BCUT2D eigenvalue weighted by atomic mass is 16.6. The fraction of sp³-hybridized carbons (Fsp3) is 0.417. The minimum absolute atomic E-state index is 0.0418. The van der Waals surface area contributed by atoms with E-state index in [1.165, 1.54) is 6.07 Å². The number of carbonyl (C=O) groups is 1. The van der Waals surface area contributed by atoms with Crippen LogP contribution in [0.5, 0.6) is 0 Å². The molecule has 4 heteroatoms. The van der Waals surface area contributed by atoms with Gasteiger partial charge in [0.2, 0.25) is 0 Å². The van der Waals surface area contributed by atoms with Gasteiger partial charge in [0.05, 0.1) is 4.92 Å². The second kappa shape index (κ2) is 5.39. The lowest BCUT2D eigenvalue weighted by molar-refractivity contribution is -0.385. The van der Waals surface area contributed by atoms with E-state index in [-0.39, 0.29) is 22.3 Å². The summed E-state index contributed by atoms with van der Waals surface area (Å²) in [5.41, 5.74) is 0.832. The van der Waals surface area contributed by atoms with Crippen molar-refractivity contribution in [2.24, 2.45) is 5.92 Å². The molecule has 1 aromatic carbocycles. The van der Waals surface area contributed by atoms with Crippen LogP contribution < -0.4 is 0 Å². The van der Waals surface area contributed by atoms with Gasteiger partial charge in [0.1, 0.15) is 5.78 Å². The Balaban J connectivity index is 2.74. The average Bonchev–Trinajstić information content (AvgIpc) is 2.25. The molecule has 0 aliphatic carbocycles. The molecule has 1 atom stereocenters. The van der Waals surface area contributed by atoms with Crippen molar-refractivity contribution >= 4 is 11.5 Å². The van der Waals surface area contributed by atoms with Gasteiger partial charge in [0.15, 0.2) is 0 Å². The highest BCUT2D eigenvalue weighted by Gasteiger charge is 2.14. The minimum Gasteiger partial charge on any atom is -0.300 e. The van der Waals surface area contributed by atoms with Gasteiger partial charge in [0.25, 0.3) is 5.69 Å². The highest BCUT2D eigenvalue weighted by Crippen LogP contribution is 2.20. The lowest BCUT2D eigenvalue weighted by atomic mass is 9.97. The third-order valence-electron chi connectivity index (χ3n) is 2.73. The monoisotopic (exact) mass is 221 g/mol. The zero-order chi connectivity index (χ0) is 12.1. The van der Waals surface area contributed by atoms with Gasteiger partial charge in [-0.05, 0) is 19.8 Å². The van der Waals surface area contributed by atoms with Crippen LogP contribution >= 0.6 is 0 Å². The number of nitro groups is 1. The van der Waals surface area contributed by atoms with Crippen LogP contribution in [0.1, 0.15) is 25.8 Å². The maximum atomic E-state index is 11.0. The molecule has 0 aliphatic rings. The lowest BCUT2D eigenvalue weighted by Crippen LogP contribution is -2.08. The quantitative estimate of drug-likeness (QED) is 0.567. The number of rotatable bonds is 5. The van der Waals surface area contributed by atoms with Gasteiger partial charge < -0.3 is 0 Å². The fourth-order valence-corrected chi connectivity index (χ4v) is 1.48. The minimum atomic E-state index is -0.381. The molecule has 0 aromatic heterocycles. The zero-order valence-corrected chi connectivity index (χ0v) is 9.47. The van der Waals surface area contributed by atoms with Crippen molar-refractivity contribution < 1.29 is 9.72 Å². The summed E-state index contributed by atoms with van der Waals surface area (Å²) in [5.74, 6) is 0.0818. The van der Waals surface area contributed by atoms with Gasteiger partial charge >= 0.3 is 0 Å². The molecule has 0 amide bonds. The molecule has 16 heavy (non-hydrogen) atoms. The number of nitro benzene ring substituents is 1. The van der Waals surface area contributed by atoms with Crippen LogP contribution in [0, 0.1) is 16.0 Å². The van der Waals surface area contributed by atoms with Crippen LogP contribution in [0.15, 0.2) is 24.3 Å². The topological polar surface area (TPSA) is 60.2 Å². The van der Waals surface area contributed by atoms with E-state index in [0.29, 0.717) is 18.4 Å². The van der Waals surface area contributed by atoms with Crippen LogP contribution in [-0.2, 0) is 11.2 Å². The molecule has 86 valence electrons. The van der Waals surface area contributed by atoms with Gasteiger partial charge in [-0.15, -0.1) is 0 Å². The van der Waals surface area contributed by atoms with Crippen LogP contribution in [0.3, 0.4) is 0 Å². The molecule has 0 radical (unpaired) electrons. The van der Waals surface area contributed by atoms with Gasteiger partial charge in [0, 0.05) is 17.5 Å². The molecule has 4 nitrogen and oxygen atoms in total. The van der Waals surface area contributed by atoms with Gasteiger partial charge in [-0.2, -0.15) is 0 Å². The molecule has 0 saturated carbocycles. The van der Waals surface area contributed by atoms with E-state index in [1.807, 2.05) is 6.92 Å². The SMILES string of the molecule is CC(=O)C(C)CCc1ccccc1[N+](=O)[O-]. The van der Waals surface area contributed by atoms with E-state index in [4.69, 9.17) is 0 Å². The maximum Gasteiger partial charge on any atom is 0.272 e. The van der Waals surface area contributed by atoms with Gasteiger partial charge in [-0.3, -0.25) is 14.9 Å². The highest BCUT2D eigenvalue weighted by molar-refractivity contribution is 5.77. The Morgan fingerprint density at radius 3 is 2.62 bits per heavy atom. The summed E-state index contributed by atoms with van der Waals surface area (Å²) in [6.45, 7) is 3.39. The first-order chi connectivity index (χ1) is 7.52. The molecule has 0 saturated heterocycles. The molecule has 1 aromatic rings. The second-order valence-electron chi connectivity index (χ2n) is 3.94. The number of benzene rings is 1. The van der Waals surface area contributed by atoms with E-state index >= 15 is 0 Å². The second-order valence-corrected chi connectivity index (χ2v) is 3.94. The number of nitrogens with zero attached hydrogens (tertiary/aromatic N) is 1. The van der Waals surface area contributed by atoms with Crippen LogP contribution in [0.25, 0.3) is 0 Å². The first kappa shape index (κ1) is 12.4. The van der Waals surface area contributed by atoms with Crippen molar-refractivity contribution in [1.82, 2.24) is 0 Å². The maximum absolute atomic E-state index is 11.0.